The first-order valence-electron chi connectivity index (χ1n) is 5.42. The number of nitrogens with zero attached hydrogens (tertiary/aromatic N) is 1. The molecule has 0 saturated carbocycles. The SMILES string of the molecule is CCCn1cc(Br)cc1C(=O)OC(C)(C)C. The highest BCUT2D eigenvalue weighted by molar-refractivity contribution is 9.10. The molecule has 0 bridgehead atoms. The number of rotatable bonds is 3. The molecule has 0 fully saturated rings. The van der Waals surface area contributed by atoms with E-state index in [4.69, 9.17) is 4.74 Å². The quantitative estimate of drug-likeness (QED) is 0.795. The fourth-order valence-corrected chi connectivity index (χ4v) is 1.87. The lowest BCUT2D eigenvalue weighted by molar-refractivity contribution is 0.00576. The molecule has 0 radical (unpaired) electrons. The van der Waals surface area contributed by atoms with Crippen LogP contribution in [0.2, 0.25) is 0 Å². The predicted molar refractivity (Wildman–Crippen MR) is 67.6 cm³/mol. The molecule has 0 aromatic carbocycles. The summed E-state index contributed by atoms with van der Waals surface area (Å²) in [7, 11) is 0. The monoisotopic (exact) mass is 287 g/mol. The average Bonchev–Trinajstić information content (AvgIpc) is 2.44. The number of halogens is 1. The molecule has 0 N–H and O–H groups in total. The highest BCUT2D eigenvalue weighted by atomic mass is 79.9. The molecule has 0 aliphatic rings. The summed E-state index contributed by atoms with van der Waals surface area (Å²) in [6.07, 6.45) is 2.89. The summed E-state index contributed by atoms with van der Waals surface area (Å²) in [5, 5.41) is 0. The molecule has 0 amide bonds. The molecule has 90 valence electrons. The van der Waals surface area contributed by atoms with Gasteiger partial charge in [0.1, 0.15) is 11.3 Å². The van der Waals surface area contributed by atoms with Gasteiger partial charge in [-0.05, 0) is 49.2 Å². The van der Waals surface area contributed by atoms with E-state index < -0.39 is 5.60 Å². The van der Waals surface area contributed by atoms with Crippen LogP contribution in [0, 0.1) is 0 Å². The minimum Gasteiger partial charge on any atom is -0.455 e. The van der Waals surface area contributed by atoms with Crippen LogP contribution in [0.15, 0.2) is 16.7 Å². The topological polar surface area (TPSA) is 31.2 Å². The van der Waals surface area contributed by atoms with Crippen LogP contribution < -0.4 is 0 Å². The number of carbonyl (C=O) groups is 1. The van der Waals surface area contributed by atoms with Gasteiger partial charge in [-0.2, -0.15) is 0 Å². The second kappa shape index (κ2) is 5.04. The van der Waals surface area contributed by atoms with E-state index in [-0.39, 0.29) is 5.97 Å². The lowest BCUT2D eigenvalue weighted by Crippen LogP contribution is -2.25. The summed E-state index contributed by atoms with van der Waals surface area (Å²) in [5.74, 6) is -0.272. The summed E-state index contributed by atoms with van der Waals surface area (Å²) in [6, 6.07) is 1.80. The van der Waals surface area contributed by atoms with Crippen LogP contribution >= 0.6 is 15.9 Å². The van der Waals surface area contributed by atoms with E-state index >= 15 is 0 Å². The lowest BCUT2D eigenvalue weighted by Gasteiger charge is -2.19. The first-order chi connectivity index (χ1) is 7.33. The van der Waals surface area contributed by atoms with Crippen LogP contribution in [0.25, 0.3) is 0 Å². The van der Waals surface area contributed by atoms with Crippen molar-refractivity contribution in [2.24, 2.45) is 0 Å². The summed E-state index contributed by atoms with van der Waals surface area (Å²) in [4.78, 5) is 11.9. The van der Waals surface area contributed by atoms with Gasteiger partial charge in [0.2, 0.25) is 0 Å². The standard InChI is InChI=1S/C12H18BrNO2/c1-5-6-14-8-9(13)7-10(14)11(15)16-12(2,3)4/h7-8H,5-6H2,1-4H3. The van der Waals surface area contributed by atoms with Crippen molar-refractivity contribution in [3.05, 3.63) is 22.4 Å². The maximum atomic E-state index is 11.9. The third-order valence-corrected chi connectivity index (χ3v) is 2.37. The number of aromatic nitrogens is 1. The van der Waals surface area contributed by atoms with E-state index in [0.29, 0.717) is 5.69 Å². The van der Waals surface area contributed by atoms with Crippen molar-refractivity contribution in [2.75, 3.05) is 0 Å². The third kappa shape index (κ3) is 3.67. The minimum atomic E-state index is -0.453. The van der Waals surface area contributed by atoms with Gasteiger partial charge in [0.25, 0.3) is 0 Å². The molecule has 0 atom stereocenters. The van der Waals surface area contributed by atoms with E-state index in [1.165, 1.54) is 0 Å². The van der Waals surface area contributed by atoms with Crippen LogP contribution in [-0.4, -0.2) is 16.1 Å². The van der Waals surface area contributed by atoms with Crippen molar-refractivity contribution < 1.29 is 9.53 Å². The summed E-state index contributed by atoms with van der Waals surface area (Å²) >= 11 is 3.37. The van der Waals surface area contributed by atoms with Crippen molar-refractivity contribution in [1.82, 2.24) is 4.57 Å². The average molecular weight is 288 g/mol. The normalized spacial score (nSPS) is 11.6. The van der Waals surface area contributed by atoms with Gasteiger partial charge in [-0.25, -0.2) is 4.79 Å². The number of esters is 1. The predicted octanol–water partition coefficient (Wildman–Crippen LogP) is 3.62. The first-order valence-corrected chi connectivity index (χ1v) is 6.22. The largest absolute Gasteiger partial charge is 0.455 e. The molecule has 0 aliphatic heterocycles. The fraction of sp³-hybridized carbons (Fsp3) is 0.583. The Morgan fingerprint density at radius 1 is 1.50 bits per heavy atom. The van der Waals surface area contributed by atoms with Gasteiger partial charge in [0.05, 0.1) is 0 Å². The Bertz CT molecular complexity index is 377. The zero-order chi connectivity index (χ0) is 12.3. The number of hydrogen-bond donors (Lipinski definition) is 0. The van der Waals surface area contributed by atoms with Gasteiger partial charge in [0, 0.05) is 17.2 Å². The zero-order valence-corrected chi connectivity index (χ0v) is 11.8. The van der Waals surface area contributed by atoms with Crippen molar-refractivity contribution in [2.45, 2.75) is 46.3 Å². The smallest absolute Gasteiger partial charge is 0.355 e. The van der Waals surface area contributed by atoms with E-state index in [2.05, 4.69) is 22.9 Å². The molecular formula is C12H18BrNO2. The van der Waals surface area contributed by atoms with Gasteiger partial charge < -0.3 is 9.30 Å². The summed E-state index contributed by atoms with van der Waals surface area (Å²) in [5.41, 5.74) is 0.147. The van der Waals surface area contributed by atoms with Crippen LogP contribution in [-0.2, 0) is 11.3 Å². The van der Waals surface area contributed by atoms with E-state index in [1.54, 1.807) is 6.07 Å². The summed E-state index contributed by atoms with van der Waals surface area (Å²) in [6.45, 7) is 8.50. The van der Waals surface area contributed by atoms with Crippen LogP contribution in [0.5, 0.6) is 0 Å². The second-order valence-electron chi connectivity index (χ2n) is 4.74. The van der Waals surface area contributed by atoms with Crippen molar-refractivity contribution in [1.29, 1.82) is 0 Å². The molecule has 1 heterocycles. The molecule has 0 saturated heterocycles. The molecule has 1 aromatic rings. The van der Waals surface area contributed by atoms with Crippen molar-refractivity contribution in [3.63, 3.8) is 0 Å². The van der Waals surface area contributed by atoms with Gasteiger partial charge >= 0.3 is 5.97 Å². The Kier molecular flexibility index (Phi) is 4.19. The third-order valence-electron chi connectivity index (χ3n) is 1.94. The second-order valence-corrected chi connectivity index (χ2v) is 5.65. The molecule has 1 rings (SSSR count). The number of aryl methyl sites for hydroxylation is 1. The Morgan fingerprint density at radius 2 is 2.12 bits per heavy atom. The fourth-order valence-electron chi connectivity index (χ4n) is 1.40. The number of hydrogen-bond acceptors (Lipinski definition) is 2. The highest BCUT2D eigenvalue weighted by Gasteiger charge is 2.20. The Balaban J connectivity index is 2.90. The molecule has 0 spiro atoms. The number of carbonyl (C=O) groups excluding carboxylic acids is 1. The Labute approximate surface area is 105 Å². The van der Waals surface area contributed by atoms with Crippen LogP contribution in [0.1, 0.15) is 44.6 Å². The molecule has 0 unspecified atom stereocenters. The van der Waals surface area contributed by atoms with E-state index in [0.717, 1.165) is 17.4 Å². The van der Waals surface area contributed by atoms with Crippen LogP contribution in [0.3, 0.4) is 0 Å². The molecule has 0 aliphatic carbocycles. The van der Waals surface area contributed by atoms with Gasteiger partial charge in [0.15, 0.2) is 0 Å². The zero-order valence-electron chi connectivity index (χ0n) is 10.2. The maximum absolute atomic E-state index is 11.9. The number of ether oxygens (including phenoxy) is 1. The molecule has 4 heteroatoms. The van der Waals surface area contributed by atoms with Crippen molar-refractivity contribution >= 4 is 21.9 Å². The molecule has 16 heavy (non-hydrogen) atoms. The van der Waals surface area contributed by atoms with Crippen LogP contribution in [0.4, 0.5) is 0 Å². The molecular weight excluding hydrogens is 270 g/mol. The minimum absolute atomic E-state index is 0.272. The summed E-state index contributed by atoms with van der Waals surface area (Å²) < 4.78 is 8.16. The first kappa shape index (κ1) is 13.3. The maximum Gasteiger partial charge on any atom is 0.355 e. The van der Waals surface area contributed by atoms with E-state index in [9.17, 15) is 4.79 Å². The Hall–Kier alpha value is -0.770. The van der Waals surface area contributed by atoms with Crippen molar-refractivity contribution in [3.8, 4) is 0 Å². The molecule has 1 aromatic heterocycles. The Morgan fingerprint density at radius 3 is 2.62 bits per heavy atom. The van der Waals surface area contributed by atoms with Gasteiger partial charge in [-0.15, -0.1) is 0 Å². The highest BCUT2D eigenvalue weighted by Crippen LogP contribution is 2.18. The lowest BCUT2D eigenvalue weighted by atomic mass is 10.2. The van der Waals surface area contributed by atoms with Gasteiger partial charge in [-0.1, -0.05) is 6.92 Å². The van der Waals surface area contributed by atoms with Gasteiger partial charge in [-0.3, -0.25) is 0 Å². The van der Waals surface area contributed by atoms with E-state index in [1.807, 2.05) is 31.5 Å². The molecule has 3 nitrogen and oxygen atoms in total.